The van der Waals surface area contributed by atoms with Gasteiger partial charge in [0.05, 0.1) is 0 Å². The van der Waals surface area contributed by atoms with Crippen LogP contribution in [0.2, 0.25) is 0 Å². The molecule has 12 heavy (non-hydrogen) atoms. The van der Waals surface area contributed by atoms with E-state index in [0.29, 0.717) is 16.9 Å². The maximum absolute atomic E-state index is 6.05. The maximum atomic E-state index is 6.05. The minimum absolute atomic E-state index is 0.409. The van der Waals surface area contributed by atoms with E-state index in [-0.39, 0.29) is 0 Å². The number of hydrogen-bond acceptors (Lipinski definition) is 1. The van der Waals surface area contributed by atoms with E-state index in [9.17, 15) is 0 Å². The molecule has 1 aliphatic carbocycles. The molecular formula is C11H23N. The SMILES string of the molecule is CC1C(C)(C)CC(N)CC1(C)C. The zero-order chi connectivity index (χ0) is 9.57. The molecule has 0 radical (unpaired) electrons. The highest BCUT2D eigenvalue weighted by atomic mass is 14.7. The predicted molar refractivity (Wildman–Crippen MR) is 53.9 cm³/mol. The first kappa shape index (κ1) is 10.0. The minimum Gasteiger partial charge on any atom is -0.328 e. The molecule has 0 atom stereocenters. The smallest absolute Gasteiger partial charge is 0.00492 e. The van der Waals surface area contributed by atoms with Gasteiger partial charge in [-0.05, 0) is 29.6 Å². The van der Waals surface area contributed by atoms with E-state index in [1.54, 1.807) is 0 Å². The average molecular weight is 169 g/mol. The zero-order valence-corrected chi connectivity index (χ0v) is 9.15. The van der Waals surface area contributed by atoms with Crippen LogP contribution in [0.15, 0.2) is 0 Å². The van der Waals surface area contributed by atoms with Crippen molar-refractivity contribution in [2.45, 2.75) is 53.5 Å². The first-order valence-electron chi connectivity index (χ1n) is 5.01. The molecule has 1 aliphatic rings. The molecule has 1 saturated carbocycles. The molecule has 0 saturated heterocycles. The van der Waals surface area contributed by atoms with Gasteiger partial charge in [-0.1, -0.05) is 34.6 Å². The Bertz CT molecular complexity index is 152. The summed E-state index contributed by atoms with van der Waals surface area (Å²) in [7, 11) is 0. The molecular weight excluding hydrogens is 146 g/mol. The van der Waals surface area contributed by atoms with Crippen LogP contribution in [0.1, 0.15) is 47.5 Å². The molecule has 0 spiro atoms. The third-order valence-corrected chi connectivity index (χ3v) is 3.92. The summed E-state index contributed by atoms with van der Waals surface area (Å²) in [5.41, 5.74) is 6.88. The van der Waals surface area contributed by atoms with Crippen LogP contribution in [0.25, 0.3) is 0 Å². The number of rotatable bonds is 0. The van der Waals surface area contributed by atoms with E-state index < -0.39 is 0 Å². The van der Waals surface area contributed by atoms with E-state index in [1.165, 1.54) is 12.8 Å². The van der Waals surface area contributed by atoms with Crippen molar-refractivity contribution in [3.63, 3.8) is 0 Å². The molecule has 1 fully saturated rings. The van der Waals surface area contributed by atoms with Crippen molar-refractivity contribution in [2.75, 3.05) is 0 Å². The highest BCUT2D eigenvalue weighted by Crippen LogP contribution is 2.49. The van der Waals surface area contributed by atoms with Gasteiger partial charge in [0.1, 0.15) is 0 Å². The van der Waals surface area contributed by atoms with Crippen LogP contribution in [0, 0.1) is 16.7 Å². The molecule has 0 aromatic carbocycles. The Labute approximate surface area is 76.7 Å². The Morgan fingerprint density at radius 2 is 1.33 bits per heavy atom. The van der Waals surface area contributed by atoms with E-state index in [1.807, 2.05) is 0 Å². The molecule has 0 aromatic rings. The van der Waals surface area contributed by atoms with Gasteiger partial charge in [-0.2, -0.15) is 0 Å². The predicted octanol–water partition coefficient (Wildman–Crippen LogP) is 2.80. The summed E-state index contributed by atoms with van der Waals surface area (Å²) in [6.45, 7) is 11.7. The van der Waals surface area contributed by atoms with Crippen LogP contribution < -0.4 is 5.73 Å². The first-order valence-corrected chi connectivity index (χ1v) is 5.01. The third kappa shape index (κ3) is 1.66. The maximum Gasteiger partial charge on any atom is 0.00492 e. The van der Waals surface area contributed by atoms with E-state index in [2.05, 4.69) is 34.6 Å². The standard InChI is InChI=1S/C11H23N/c1-8-10(2,3)6-9(12)7-11(8,4)5/h8-9H,6-7,12H2,1-5H3. The van der Waals surface area contributed by atoms with E-state index >= 15 is 0 Å². The van der Waals surface area contributed by atoms with Gasteiger partial charge in [0.15, 0.2) is 0 Å². The van der Waals surface area contributed by atoms with Gasteiger partial charge in [-0.15, -0.1) is 0 Å². The lowest BCUT2D eigenvalue weighted by Gasteiger charge is -2.50. The second kappa shape index (κ2) is 2.73. The molecule has 0 aliphatic heterocycles. The minimum atomic E-state index is 0.409. The van der Waals surface area contributed by atoms with Crippen LogP contribution in [-0.2, 0) is 0 Å². The summed E-state index contributed by atoms with van der Waals surface area (Å²) in [6, 6.07) is 0.409. The Balaban J connectivity index is 2.84. The highest BCUT2D eigenvalue weighted by Gasteiger charge is 2.43. The van der Waals surface area contributed by atoms with Gasteiger partial charge < -0.3 is 5.73 Å². The van der Waals surface area contributed by atoms with Crippen molar-refractivity contribution >= 4 is 0 Å². The van der Waals surface area contributed by atoms with Gasteiger partial charge >= 0.3 is 0 Å². The quantitative estimate of drug-likeness (QED) is 0.593. The van der Waals surface area contributed by atoms with Gasteiger partial charge in [0.2, 0.25) is 0 Å². The second-order valence-corrected chi connectivity index (χ2v) is 5.87. The molecule has 72 valence electrons. The van der Waals surface area contributed by atoms with Crippen molar-refractivity contribution < 1.29 is 0 Å². The summed E-state index contributed by atoms with van der Waals surface area (Å²) in [5, 5.41) is 0. The molecule has 2 N–H and O–H groups in total. The Morgan fingerprint density at radius 1 is 1.00 bits per heavy atom. The molecule has 1 heteroatoms. The van der Waals surface area contributed by atoms with E-state index in [4.69, 9.17) is 5.73 Å². The molecule has 0 unspecified atom stereocenters. The topological polar surface area (TPSA) is 26.0 Å². The van der Waals surface area contributed by atoms with Gasteiger partial charge in [0.25, 0.3) is 0 Å². The molecule has 1 rings (SSSR count). The van der Waals surface area contributed by atoms with Crippen LogP contribution in [-0.4, -0.2) is 6.04 Å². The van der Waals surface area contributed by atoms with Crippen LogP contribution in [0.4, 0.5) is 0 Å². The van der Waals surface area contributed by atoms with Crippen molar-refractivity contribution in [2.24, 2.45) is 22.5 Å². The summed E-state index contributed by atoms with van der Waals surface area (Å²) in [4.78, 5) is 0. The fraction of sp³-hybridized carbons (Fsp3) is 1.00. The Kier molecular flexibility index (Phi) is 2.28. The van der Waals surface area contributed by atoms with Crippen LogP contribution in [0.5, 0.6) is 0 Å². The highest BCUT2D eigenvalue weighted by molar-refractivity contribution is 4.95. The molecule has 0 bridgehead atoms. The summed E-state index contributed by atoms with van der Waals surface area (Å²) >= 11 is 0. The molecule has 1 nitrogen and oxygen atoms in total. The van der Waals surface area contributed by atoms with Crippen molar-refractivity contribution in [3.05, 3.63) is 0 Å². The fourth-order valence-corrected chi connectivity index (χ4v) is 2.83. The summed E-state index contributed by atoms with van der Waals surface area (Å²) in [5.74, 6) is 0.768. The fourth-order valence-electron chi connectivity index (χ4n) is 2.83. The van der Waals surface area contributed by atoms with Crippen LogP contribution >= 0.6 is 0 Å². The van der Waals surface area contributed by atoms with Gasteiger partial charge in [0, 0.05) is 6.04 Å². The molecule has 0 amide bonds. The van der Waals surface area contributed by atoms with Crippen molar-refractivity contribution in [3.8, 4) is 0 Å². The van der Waals surface area contributed by atoms with Crippen molar-refractivity contribution in [1.82, 2.24) is 0 Å². The Hall–Kier alpha value is -0.0400. The molecule has 0 aromatic heterocycles. The second-order valence-electron chi connectivity index (χ2n) is 5.87. The summed E-state index contributed by atoms with van der Waals surface area (Å²) in [6.07, 6.45) is 2.36. The monoisotopic (exact) mass is 169 g/mol. The lowest BCUT2D eigenvalue weighted by molar-refractivity contribution is 0.0167. The normalized spacial score (nSPS) is 39.5. The molecule has 0 heterocycles. The van der Waals surface area contributed by atoms with Gasteiger partial charge in [-0.25, -0.2) is 0 Å². The number of hydrogen-bond donors (Lipinski definition) is 1. The van der Waals surface area contributed by atoms with Crippen molar-refractivity contribution in [1.29, 1.82) is 0 Å². The zero-order valence-electron chi connectivity index (χ0n) is 9.15. The third-order valence-electron chi connectivity index (χ3n) is 3.92. The average Bonchev–Trinajstić information content (AvgIpc) is 1.80. The lowest BCUT2D eigenvalue weighted by atomic mass is 9.57. The first-order chi connectivity index (χ1) is 5.26. The number of nitrogens with two attached hydrogens (primary N) is 1. The summed E-state index contributed by atoms with van der Waals surface area (Å²) < 4.78 is 0. The van der Waals surface area contributed by atoms with Crippen LogP contribution in [0.3, 0.4) is 0 Å². The van der Waals surface area contributed by atoms with Gasteiger partial charge in [-0.3, -0.25) is 0 Å². The Morgan fingerprint density at radius 3 is 1.67 bits per heavy atom. The van der Waals surface area contributed by atoms with E-state index in [0.717, 1.165) is 5.92 Å². The largest absolute Gasteiger partial charge is 0.328 e. The lowest BCUT2D eigenvalue weighted by Crippen LogP contribution is -2.47.